The van der Waals surface area contributed by atoms with Gasteiger partial charge in [-0.2, -0.15) is 0 Å². The standard InChI is InChI=1S/C12H19N3O3S/c1-2-9-5-3-4-6-15(9)12(16)11-7-10(8-14-11)19(13,17)18/h7-9,14H,2-6H2,1H3,(H2,13,17,18). The summed E-state index contributed by atoms with van der Waals surface area (Å²) in [5, 5.41) is 5.03. The van der Waals surface area contributed by atoms with Gasteiger partial charge >= 0.3 is 0 Å². The number of hydrogen-bond acceptors (Lipinski definition) is 3. The van der Waals surface area contributed by atoms with E-state index in [1.165, 1.54) is 12.3 Å². The Balaban J connectivity index is 2.21. The molecule has 0 bridgehead atoms. The molecule has 1 atom stereocenters. The van der Waals surface area contributed by atoms with Gasteiger partial charge in [0.05, 0.1) is 4.90 Å². The highest BCUT2D eigenvalue weighted by Gasteiger charge is 2.27. The van der Waals surface area contributed by atoms with E-state index in [0.29, 0.717) is 0 Å². The summed E-state index contributed by atoms with van der Waals surface area (Å²) in [5.41, 5.74) is 0.282. The molecular weight excluding hydrogens is 266 g/mol. The average Bonchev–Trinajstić information content (AvgIpc) is 2.87. The Labute approximate surface area is 113 Å². The summed E-state index contributed by atoms with van der Waals surface area (Å²) in [6.45, 7) is 2.78. The van der Waals surface area contributed by atoms with Gasteiger partial charge in [-0.05, 0) is 31.7 Å². The third-order valence-electron chi connectivity index (χ3n) is 3.57. The van der Waals surface area contributed by atoms with Crippen molar-refractivity contribution in [2.24, 2.45) is 5.14 Å². The van der Waals surface area contributed by atoms with E-state index in [2.05, 4.69) is 11.9 Å². The minimum Gasteiger partial charge on any atom is -0.356 e. The Morgan fingerprint density at radius 2 is 2.26 bits per heavy atom. The van der Waals surface area contributed by atoms with Crippen molar-refractivity contribution in [3.63, 3.8) is 0 Å². The molecule has 1 aliphatic rings. The summed E-state index contributed by atoms with van der Waals surface area (Å²) in [6.07, 6.45) is 5.30. The van der Waals surface area contributed by atoms with Crippen LogP contribution in [0, 0.1) is 0 Å². The van der Waals surface area contributed by atoms with Crippen LogP contribution in [0.15, 0.2) is 17.2 Å². The number of carbonyl (C=O) groups excluding carboxylic acids is 1. The third-order valence-corrected chi connectivity index (χ3v) is 4.47. The molecule has 2 heterocycles. The predicted octanol–water partition coefficient (Wildman–Crippen LogP) is 1.07. The molecule has 0 saturated carbocycles. The van der Waals surface area contributed by atoms with Crippen LogP contribution in [-0.4, -0.2) is 36.8 Å². The second-order valence-corrected chi connectivity index (χ2v) is 6.41. The maximum atomic E-state index is 12.4. The van der Waals surface area contributed by atoms with Crippen molar-refractivity contribution in [3.05, 3.63) is 18.0 Å². The molecule has 7 heteroatoms. The minimum absolute atomic E-state index is 0.0547. The molecule has 106 valence electrons. The zero-order chi connectivity index (χ0) is 14.0. The number of aromatic amines is 1. The fourth-order valence-corrected chi connectivity index (χ4v) is 3.01. The first-order valence-corrected chi connectivity index (χ1v) is 8.00. The van der Waals surface area contributed by atoms with Gasteiger partial charge in [-0.3, -0.25) is 4.79 Å². The van der Waals surface area contributed by atoms with Crippen LogP contribution >= 0.6 is 0 Å². The highest BCUT2D eigenvalue weighted by atomic mass is 32.2. The zero-order valence-electron chi connectivity index (χ0n) is 10.9. The molecule has 1 unspecified atom stereocenters. The van der Waals surface area contributed by atoms with Crippen molar-refractivity contribution >= 4 is 15.9 Å². The van der Waals surface area contributed by atoms with E-state index in [1.807, 2.05) is 4.90 Å². The lowest BCUT2D eigenvalue weighted by atomic mass is 10.00. The van der Waals surface area contributed by atoms with Crippen LogP contribution in [0.4, 0.5) is 0 Å². The zero-order valence-corrected chi connectivity index (χ0v) is 11.7. The Morgan fingerprint density at radius 1 is 1.53 bits per heavy atom. The van der Waals surface area contributed by atoms with E-state index in [9.17, 15) is 13.2 Å². The molecule has 19 heavy (non-hydrogen) atoms. The van der Waals surface area contributed by atoms with Gasteiger partial charge in [-0.1, -0.05) is 6.92 Å². The number of piperidine rings is 1. The Morgan fingerprint density at radius 3 is 2.84 bits per heavy atom. The molecule has 3 N–H and O–H groups in total. The normalized spacial score (nSPS) is 20.5. The number of primary sulfonamides is 1. The first kappa shape index (κ1) is 14.1. The lowest BCUT2D eigenvalue weighted by Gasteiger charge is -2.35. The van der Waals surface area contributed by atoms with Crippen LogP contribution in [0.1, 0.15) is 43.1 Å². The highest BCUT2D eigenvalue weighted by molar-refractivity contribution is 7.89. The quantitative estimate of drug-likeness (QED) is 0.869. The lowest BCUT2D eigenvalue weighted by molar-refractivity contribution is 0.0602. The minimum atomic E-state index is -3.77. The second-order valence-electron chi connectivity index (χ2n) is 4.85. The molecule has 0 radical (unpaired) electrons. The molecule has 1 aromatic heterocycles. The first-order valence-electron chi connectivity index (χ1n) is 6.45. The number of nitrogens with zero attached hydrogens (tertiary/aromatic N) is 1. The summed E-state index contributed by atoms with van der Waals surface area (Å²) >= 11 is 0. The van der Waals surface area contributed by atoms with Gasteiger partial charge in [-0.15, -0.1) is 0 Å². The number of carbonyl (C=O) groups is 1. The van der Waals surface area contributed by atoms with Crippen LogP contribution in [0.2, 0.25) is 0 Å². The summed E-state index contributed by atoms with van der Waals surface area (Å²) in [6, 6.07) is 1.54. The van der Waals surface area contributed by atoms with Crippen LogP contribution < -0.4 is 5.14 Å². The lowest BCUT2D eigenvalue weighted by Crippen LogP contribution is -2.43. The fourth-order valence-electron chi connectivity index (χ4n) is 2.51. The molecule has 1 aromatic rings. The molecule has 0 spiro atoms. The predicted molar refractivity (Wildman–Crippen MR) is 71.1 cm³/mol. The topological polar surface area (TPSA) is 96.3 Å². The van der Waals surface area contributed by atoms with Crippen LogP contribution in [0.3, 0.4) is 0 Å². The second kappa shape index (κ2) is 5.34. The molecule has 2 rings (SSSR count). The molecule has 1 fully saturated rings. The SMILES string of the molecule is CCC1CCCCN1C(=O)c1cc(S(N)(=O)=O)c[nH]1. The number of rotatable bonds is 3. The number of nitrogens with one attached hydrogen (secondary N) is 1. The van der Waals surface area contributed by atoms with Gasteiger partial charge in [0.25, 0.3) is 5.91 Å². The number of aromatic nitrogens is 1. The Kier molecular flexibility index (Phi) is 3.96. The van der Waals surface area contributed by atoms with Crippen molar-refractivity contribution in [1.29, 1.82) is 0 Å². The largest absolute Gasteiger partial charge is 0.356 e. The molecule has 0 aliphatic carbocycles. The van der Waals surface area contributed by atoms with Crippen molar-refractivity contribution in [3.8, 4) is 0 Å². The van der Waals surface area contributed by atoms with Gasteiger partial charge in [0.2, 0.25) is 10.0 Å². The maximum absolute atomic E-state index is 12.4. The maximum Gasteiger partial charge on any atom is 0.270 e. The molecule has 1 amide bonds. The Bertz CT molecular complexity index is 565. The van der Waals surface area contributed by atoms with Gasteiger partial charge in [0.1, 0.15) is 5.69 Å². The average molecular weight is 285 g/mol. The monoisotopic (exact) mass is 285 g/mol. The molecule has 1 aliphatic heterocycles. The summed E-state index contributed by atoms with van der Waals surface area (Å²) in [7, 11) is -3.77. The number of H-pyrrole nitrogens is 1. The van der Waals surface area contributed by atoms with Crippen molar-refractivity contribution < 1.29 is 13.2 Å². The molecule has 6 nitrogen and oxygen atoms in total. The molecule has 1 saturated heterocycles. The number of amides is 1. The molecule has 0 aromatic carbocycles. The van der Waals surface area contributed by atoms with Crippen LogP contribution in [0.25, 0.3) is 0 Å². The fraction of sp³-hybridized carbons (Fsp3) is 0.583. The first-order chi connectivity index (χ1) is 8.93. The van der Waals surface area contributed by atoms with Gasteiger partial charge in [-0.25, -0.2) is 13.6 Å². The number of nitrogens with two attached hydrogens (primary N) is 1. The van der Waals surface area contributed by atoms with E-state index in [1.54, 1.807) is 0 Å². The van der Waals surface area contributed by atoms with E-state index in [0.717, 1.165) is 32.2 Å². The van der Waals surface area contributed by atoms with Gasteiger partial charge < -0.3 is 9.88 Å². The number of hydrogen-bond donors (Lipinski definition) is 2. The summed E-state index contributed by atoms with van der Waals surface area (Å²) in [5.74, 6) is -0.151. The van der Waals surface area contributed by atoms with Gasteiger partial charge in [0.15, 0.2) is 0 Å². The highest BCUT2D eigenvalue weighted by Crippen LogP contribution is 2.22. The van der Waals surface area contributed by atoms with E-state index in [4.69, 9.17) is 5.14 Å². The summed E-state index contributed by atoms with van der Waals surface area (Å²) < 4.78 is 22.4. The summed E-state index contributed by atoms with van der Waals surface area (Å²) in [4.78, 5) is 16.8. The van der Waals surface area contributed by atoms with Crippen molar-refractivity contribution in [1.82, 2.24) is 9.88 Å². The third kappa shape index (κ3) is 2.98. The van der Waals surface area contributed by atoms with E-state index < -0.39 is 10.0 Å². The van der Waals surface area contributed by atoms with Gasteiger partial charge in [0, 0.05) is 18.8 Å². The van der Waals surface area contributed by atoms with E-state index in [-0.39, 0.29) is 22.5 Å². The number of sulfonamides is 1. The van der Waals surface area contributed by atoms with Crippen LogP contribution in [-0.2, 0) is 10.0 Å². The molecular formula is C12H19N3O3S. The number of likely N-dealkylation sites (tertiary alicyclic amines) is 1. The van der Waals surface area contributed by atoms with Crippen LogP contribution in [0.5, 0.6) is 0 Å². The van der Waals surface area contributed by atoms with E-state index >= 15 is 0 Å². The Hall–Kier alpha value is -1.34. The van der Waals surface area contributed by atoms with Crippen molar-refractivity contribution in [2.75, 3.05) is 6.54 Å². The smallest absolute Gasteiger partial charge is 0.270 e. The van der Waals surface area contributed by atoms with Crippen molar-refractivity contribution in [2.45, 2.75) is 43.5 Å².